The Labute approximate surface area is 143 Å². The summed E-state index contributed by atoms with van der Waals surface area (Å²) in [6.45, 7) is 2.28. The highest BCUT2D eigenvalue weighted by Gasteiger charge is 2.18. The average Bonchev–Trinajstić information content (AvgIpc) is 3.07. The van der Waals surface area contributed by atoms with E-state index in [4.69, 9.17) is 4.74 Å². The van der Waals surface area contributed by atoms with Crippen molar-refractivity contribution in [3.05, 3.63) is 60.2 Å². The second-order valence-electron chi connectivity index (χ2n) is 5.09. The van der Waals surface area contributed by atoms with E-state index in [-0.39, 0.29) is 18.4 Å². The number of aromatic nitrogens is 4. The normalized spacial score (nSPS) is 10.5. The molecule has 2 heterocycles. The van der Waals surface area contributed by atoms with Crippen LogP contribution in [-0.2, 0) is 11.3 Å². The largest absolute Gasteiger partial charge is 0.448 e. The minimum atomic E-state index is -0.633. The van der Waals surface area contributed by atoms with Gasteiger partial charge >= 0.3 is 6.09 Å². The van der Waals surface area contributed by atoms with Crippen molar-refractivity contribution in [1.82, 2.24) is 19.7 Å². The van der Waals surface area contributed by atoms with Crippen molar-refractivity contribution in [3.8, 4) is 11.4 Å². The van der Waals surface area contributed by atoms with Crippen LogP contribution in [0.1, 0.15) is 12.5 Å². The Bertz CT molecular complexity index is 849. The van der Waals surface area contributed by atoms with Crippen molar-refractivity contribution in [2.75, 3.05) is 11.9 Å². The number of carbonyl (C=O) groups excluding carboxylic acids is 1. The molecule has 0 bridgehead atoms. The molecule has 0 aliphatic carbocycles. The van der Waals surface area contributed by atoms with Gasteiger partial charge in [0.05, 0.1) is 6.61 Å². The van der Waals surface area contributed by atoms with Gasteiger partial charge in [0.15, 0.2) is 5.82 Å². The first-order valence-electron chi connectivity index (χ1n) is 7.70. The molecule has 3 rings (SSSR count). The number of nitrogens with zero attached hydrogens (tertiary/aromatic N) is 4. The summed E-state index contributed by atoms with van der Waals surface area (Å²) in [6.07, 6.45) is 2.61. The third-order valence-electron chi connectivity index (χ3n) is 3.33. The molecule has 0 spiro atoms. The number of halogens is 1. The number of rotatable bonds is 5. The zero-order valence-electron chi connectivity index (χ0n) is 13.5. The highest BCUT2D eigenvalue weighted by atomic mass is 19.1. The molecule has 2 aromatic heterocycles. The van der Waals surface area contributed by atoms with Crippen LogP contribution < -0.4 is 5.32 Å². The molecule has 0 saturated carbocycles. The van der Waals surface area contributed by atoms with Crippen molar-refractivity contribution >= 4 is 12.0 Å². The Morgan fingerprint density at radius 2 is 2.08 bits per heavy atom. The first kappa shape index (κ1) is 16.6. The molecule has 0 amide bonds. The zero-order valence-corrected chi connectivity index (χ0v) is 13.5. The molecule has 0 aliphatic rings. The van der Waals surface area contributed by atoms with Crippen LogP contribution >= 0.6 is 0 Å². The summed E-state index contributed by atoms with van der Waals surface area (Å²) in [4.78, 5) is 20.5. The molecule has 128 valence electrons. The first-order chi connectivity index (χ1) is 12.2. The standard InChI is InChI=1S/C17H16FN5O2/c1-2-25-17(24)23-16(20-10-12-5-7-14(18)8-6-12)21-15(22-23)13-4-3-9-19-11-13/h3-9,11H,2,10H2,1H3,(H,20,21,22). The Hall–Kier alpha value is -3.29. The zero-order chi connectivity index (χ0) is 17.6. The fourth-order valence-electron chi connectivity index (χ4n) is 2.14. The van der Waals surface area contributed by atoms with Gasteiger partial charge in [0.25, 0.3) is 0 Å². The van der Waals surface area contributed by atoms with E-state index in [1.165, 1.54) is 12.1 Å². The SMILES string of the molecule is CCOC(=O)n1nc(-c2cccnc2)nc1NCc1ccc(F)cc1. The highest BCUT2D eigenvalue weighted by molar-refractivity contribution is 5.74. The molecular weight excluding hydrogens is 325 g/mol. The summed E-state index contributed by atoms with van der Waals surface area (Å²) in [5.74, 6) is 0.279. The van der Waals surface area contributed by atoms with Gasteiger partial charge in [-0.05, 0) is 36.8 Å². The fraction of sp³-hybridized carbons (Fsp3) is 0.176. The summed E-state index contributed by atoms with van der Waals surface area (Å²) in [6, 6.07) is 9.58. The van der Waals surface area contributed by atoms with Crippen LogP contribution in [0, 0.1) is 5.82 Å². The van der Waals surface area contributed by atoms with Gasteiger partial charge in [-0.1, -0.05) is 12.1 Å². The summed E-state index contributed by atoms with van der Waals surface area (Å²) in [5, 5.41) is 7.22. The molecule has 25 heavy (non-hydrogen) atoms. The van der Waals surface area contributed by atoms with Crippen molar-refractivity contribution in [2.45, 2.75) is 13.5 Å². The predicted molar refractivity (Wildman–Crippen MR) is 89.4 cm³/mol. The number of hydrogen-bond donors (Lipinski definition) is 1. The topological polar surface area (TPSA) is 81.9 Å². The van der Waals surface area contributed by atoms with Gasteiger partial charge in [0.1, 0.15) is 5.82 Å². The molecule has 1 N–H and O–H groups in total. The summed E-state index contributed by atoms with van der Waals surface area (Å²) in [7, 11) is 0. The average molecular weight is 341 g/mol. The smallest absolute Gasteiger partial charge is 0.437 e. The fourth-order valence-corrected chi connectivity index (χ4v) is 2.14. The van der Waals surface area contributed by atoms with Gasteiger partial charge in [-0.2, -0.15) is 4.98 Å². The Morgan fingerprint density at radius 3 is 2.76 bits per heavy atom. The van der Waals surface area contributed by atoms with Gasteiger partial charge in [-0.3, -0.25) is 4.98 Å². The van der Waals surface area contributed by atoms with E-state index in [0.717, 1.165) is 10.2 Å². The third kappa shape index (κ3) is 3.97. The van der Waals surface area contributed by atoms with Crippen molar-refractivity contribution in [3.63, 3.8) is 0 Å². The summed E-state index contributed by atoms with van der Waals surface area (Å²) in [5.41, 5.74) is 1.51. The van der Waals surface area contributed by atoms with Crippen LogP contribution in [-0.4, -0.2) is 32.4 Å². The van der Waals surface area contributed by atoms with E-state index < -0.39 is 6.09 Å². The minimum absolute atomic E-state index is 0.221. The Kier molecular flexibility index (Phi) is 4.98. The maximum absolute atomic E-state index is 13.0. The molecule has 0 aliphatic heterocycles. The molecular formula is C17H16FN5O2. The van der Waals surface area contributed by atoms with Crippen LogP contribution in [0.15, 0.2) is 48.8 Å². The molecule has 0 radical (unpaired) electrons. The highest BCUT2D eigenvalue weighted by Crippen LogP contribution is 2.17. The van der Waals surface area contributed by atoms with Gasteiger partial charge in [-0.15, -0.1) is 9.78 Å². The van der Waals surface area contributed by atoms with E-state index in [0.29, 0.717) is 17.9 Å². The minimum Gasteiger partial charge on any atom is -0.448 e. The number of pyridine rings is 1. The lowest BCUT2D eigenvalue weighted by Gasteiger charge is -2.07. The lowest BCUT2D eigenvalue weighted by Crippen LogP contribution is -2.18. The lowest BCUT2D eigenvalue weighted by molar-refractivity contribution is 0.151. The third-order valence-corrected chi connectivity index (χ3v) is 3.33. The van der Waals surface area contributed by atoms with Crippen molar-refractivity contribution < 1.29 is 13.9 Å². The molecule has 0 atom stereocenters. The van der Waals surface area contributed by atoms with E-state index in [9.17, 15) is 9.18 Å². The molecule has 0 saturated heterocycles. The van der Waals surface area contributed by atoms with Crippen LogP contribution in [0.3, 0.4) is 0 Å². The monoisotopic (exact) mass is 341 g/mol. The molecule has 1 aromatic carbocycles. The molecule has 3 aromatic rings. The van der Waals surface area contributed by atoms with Crippen molar-refractivity contribution in [2.24, 2.45) is 0 Å². The number of anilines is 1. The second kappa shape index (κ2) is 7.52. The Balaban J connectivity index is 1.86. The summed E-state index contributed by atoms with van der Waals surface area (Å²) >= 11 is 0. The van der Waals surface area contributed by atoms with Crippen LogP contribution in [0.5, 0.6) is 0 Å². The van der Waals surface area contributed by atoms with Gasteiger partial charge < -0.3 is 10.1 Å². The van der Waals surface area contributed by atoms with Crippen LogP contribution in [0.2, 0.25) is 0 Å². The molecule has 8 heteroatoms. The van der Waals surface area contributed by atoms with E-state index >= 15 is 0 Å². The second-order valence-corrected chi connectivity index (χ2v) is 5.09. The number of benzene rings is 1. The maximum atomic E-state index is 13.0. The lowest BCUT2D eigenvalue weighted by atomic mass is 10.2. The van der Waals surface area contributed by atoms with Crippen LogP contribution in [0.25, 0.3) is 11.4 Å². The number of hydrogen-bond acceptors (Lipinski definition) is 6. The maximum Gasteiger partial charge on any atom is 0.437 e. The quantitative estimate of drug-likeness (QED) is 0.768. The van der Waals surface area contributed by atoms with E-state index in [2.05, 4.69) is 20.4 Å². The Morgan fingerprint density at radius 1 is 1.28 bits per heavy atom. The van der Waals surface area contributed by atoms with E-state index in [1.807, 2.05) is 0 Å². The van der Waals surface area contributed by atoms with E-state index in [1.54, 1.807) is 43.6 Å². The number of ether oxygens (including phenoxy) is 1. The van der Waals surface area contributed by atoms with Crippen LogP contribution in [0.4, 0.5) is 15.1 Å². The molecule has 0 fully saturated rings. The molecule has 7 nitrogen and oxygen atoms in total. The number of carbonyl (C=O) groups is 1. The van der Waals surface area contributed by atoms with Gasteiger partial charge in [0, 0.05) is 24.5 Å². The molecule has 0 unspecified atom stereocenters. The first-order valence-corrected chi connectivity index (χ1v) is 7.70. The van der Waals surface area contributed by atoms with Gasteiger partial charge in [0.2, 0.25) is 5.95 Å². The van der Waals surface area contributed by atoms with Crippen molar-refractivity contribution in [1.29, 1.82) is 0 Å². The predicted octanol–water partition coefficient (Wildman–Crippen LogP) is 3.10. The van der Waals surface area contributed by atoms with Gasteiger partial charge in [-0.25, -0.2) is 9.18 Å². The number of nitrogens with one attached hydrogen (secondary N) is 1. The summed E-state index contributed by atoms with van der Waals surface area (Å²) < 4.78 is 19.0.